The highest BCUT2D eigenvalue weighted by Gasteiger charge is 2.21. The molecule has 21 heavy (non-hydrogen) atoms. The van der Waals surface area contributed by atoms with Gasteiger partial charge in [0.2, 0.25) is 0 Å². The van der Waals surface area contributed by atoms with Gasteiger partial charge in [-0.1, -0.05) is 18.2 Å². The Labute approximate surface area is 144 Å². The van der Waals surface area contributed by atoms with Gasteiger partial charge in [0.1, 0.15) is 5.75 Å². The smallest absolute Gasteiger partial charge is 0.191 e. The van der Waals surface area contributed by atoms with Gasteiger partial charge in [0, 0.05) is 18.7 Å². The molecule has 2 rings (SSSR count). The lowest BCUT2D eigenvalue weighted by Crippen LogP contribution is -2.38. The lowest BCUT2D eigenvalue weighted by molar-refractivity contribution is 0.336. The highest BCUT2D eigenvalue weighted by Crippen LogP contribution is 2.27. The number of hydrogen-bond acceptors (Lipinski definition) is 2. The van der Waals surface area contributed by atoms with Crippen LogP contribution in [0.1, 0.15) is 32.3 Å². The second kappa shape index (κ2) is 9.87. The van der Waals surface area contributed by atoms with Crippen molar-refractivity contribution in [2.24, 2.45) is 10.9 Å². The number of aliphatic imine (C=N–C) groups is 1. The zero-order valence-electron chi connectivity index (χ0n) is 12.9. The van der Waals surface area contributed by atoms with Crippen molar-refractivity contribution in [2.45, 2.75) is 33.2 Å². The third-order valence-electron chi connectivity index (χ3n) is 3.28. The van der Waals surface area contributed by atoms with Crippen LogP contribution in [-0.2, 0) is 6.54 Å². The van der Waals surface area contributed by atoms with E-state index in [0.717, 1.165) is 36.3 Å². The van der Waals surface area contributed by atoms with Crippen LogP contribution < -0.4 is 15.4 Å². The summed E-state index contributed by atoms with van der Waals surface area (Å²) in [6.45, 7) is 7.31. The maximum atomic E-state index is 5.63. The van der Waals surface area contributed by atoms with Crippen LogP contribution in [0.15, 0.2) is 29.3 Å². The first-order chi connectivity index (χ1) is 9.83. The van der Waals surface area contributed by atoms with E-state index in [9.17, 15) is 0 Å². The molecule has 0 aromatic heterocycles. The summed E-state index contributed by atoms with van der Waals surface area (Å²) < 4.78 is 5.63. The predicted molar refractivity (Wildman–Crippen MR) is 98.6 cm³/mol. The van der Waals surface area contributed by atoms with Gasteiger partial charge in [-0.15, -0.1) is 24.0 Å². The van der Waals surface area contributed by atoms with Crippen LogP contribution >= 0.6 is 24.0 Å². The zero-order valence-corrected chi connectivity index (χ0v) is 15.2. The quantitative estimate of drug-likeness (QED) is 0.418. The Bertz CT molecular complexity index is 447. The molecule has 0 heterocycles. The van der Waals surface area contributed by atoms with E-state index in [4.69, 9.17) is 4.74 Å². The topological polar surface area (TPSA) is 45.7 Å². The van der Waals surface area contributed by atoms with Crippen molar-refractivity contribution < 1.29 is 4.74 Å². The van der Waals surface area contributed by atoms with Gasteiger partial charge in [-0.3, -0.25) is 0 Å². The summed E-state index contributed by atoms with van der Waals surface area (Å²) in [5.74, 6) is 2.66. The molecule has 1 aromatic rings. The minimum atomic E-state index is 0. The van der Waals surface area contributed by atoms with Gasteiger partial charge in [0.15, 0.2) is 5.96 Å². The monoisotopic (exact) mass is 403 g/mol. The first-order valence-electron chi connectivity index (χ1n) is 7.56. The third kappa shape index (κ3) is 6.54. The summed E-state index contributed by atoms with van der Waals surface area (Å²) in [5.41, 5.74) is 1.12. The minimum absolute atomic E-state index is 0. The normalized spacial score (nSPS) is 14.3. The fraction of sp³-hybridized carbons (Fsp3) is 0.562. The summed E-state index contributed by atoms with van der Waals surface area (Å²) in [7, 11) is 0. The second-order valence-corrected chi connectivity index (χ2v) is 5.06. The van der Waals surface area contributed by atoms with Crippen molar-refractivity contribution in [1.82, 2.24) is 10.6 Å². The Morgan fingerprint density at radius 2 is 2.00 bits per heavy atom. The lowest BCUT2D eigenvalue weighted by atomic mass is 10.2. The summed E-state index contributed by atoms with van der Waals surface area (Å²) in [5, 5.41) is 6.69. The van der Waals surface area contributed by atoms with E-state index in [2.05, 4.69) is 28.6 Å². The van der Waals surface area contributed by atoms with Gasteiger partial charge in [-0.2, -0.15) is 0 Å². The van der Waals surface area contributed by atoms with E-state index in [0.29, 0.717) is 13.2 Å². The summed E-state index contributed by atoms with van der Waals surface area (Å²) >= 11 is 0. The molecule has 1 saturated carbocycles. The van der Waals surface area contributed by atoms with Gasteiger partial charge >= 0.3 is 0 Å². The molecule has 1 aliphatic carbocycles. The number of para-hydroxylation sites is 1. The van der Waals surface area contributed by atoms with Crippen molar-refractivity contribution in [2.75, 3.05) is 19.7 Å². The third-order valence-corrected chi connectivity index (χ3v) is 3.28. The van der Waals surface area contributed by atoms with Gasteiger partial charge in [0.05, 0.1) is 13.2 Å². The van der Waals surface area contributed by atoms with Crippen molar-refractivity contribution in [3.05, 3.63) is 29.8 Å². The van der Waals surface area contributed by atoms with E-state index in [1.807, 2.05) is 25.1 Å². The van der Waals surface area contributed by atoms with E-state index in [-0.39, 0.29) is 24.0 Å². The molecule has 0 amide bonds. The molecule has 0 bridgehead atoms. The van der Waals surface area contributed by atoms with Crippen LogP contribution in [0.4, 0.5) is 0 Å². The van der Waals surface area contributed by atoms with Gasteiger partial charge < -0.3 is 15.4 Å². The number of hydrogen-bond donors (Lipinski definition) is 2. The predicted octanol–water partition coefficient (Wildman–Crippen LogP) is 3.17. The van der Waals surface area contributed by atoms with Crippen LogP contribution in [0.3, 0.4) is 0 Å². The number of nitrogens with zero attached hydrogens (tertiary/aromatic N) is 1. The zero-order chi connectivity index (χ0) is 14.2. The Kier molecular flexibility index (Phi) is 8.49. The molecule has 0 radical (unpaired) electrons. The molecular weight excluding hydrogens is 377 g/mol. The number of benzene rings is 1. The van der Waals surface area contributed by atoms with E-state index >= 15 is 0 Å². The molecule has 0 atom stereocenters. The summed E-state index contributed by atoms with van der Waals surface area (Å²) in [6, 6.07) is 8.09. The van der Waals surface area contributed by atoms with Crippen LogP contribution in [0.2, 0.25) is 0 Å². The number of guanidine groups is 1. The van der Waals surface area contributed by atoms with Crippen LogP contribution in [0.25, 0.3) is 0 Å². The standard InChI is InChI=1S/C16H25N3O.HI/c1-3-17-16(18-11-13-9-10-13)19-12-14-7-5-6-8-15(14)20-4-2;/h5-8,13H,3-4,9-12H2,1-2H3,(H2,17,18,19);1H. The van der Waals surface area contributed by atoms with Crippen LogP contribution in [0.5, 0.6) is 5.75 Å². The molecule has 118 valence electrons. The molecule has 5 heteroatoms. The van der Waals surface area contributed by atoms with E-state index in [1.54, 1.807) is 0 Å². The second-order valence-electron chi connectivity index (χ2n) is 5.06. The molecule has 0 unspecified atom stereocenters. The molecule has 1 aliphatic rings. The highest BCUT2D eigenvalue weighted by atomic mass is 127. The SMILES string of the molecule is CCNC(=NCc1ccccc1OCC)NCC1CC1.I. The molecule has 4 nitrogen and oxygen atoms in total. The molecule has 0 spiro atoms. The molecular formula is C16H26IN3O. The highest BCUT2D eigenvalue weighted by molar-refractivity contribution is 14.0. The molecule has 2 N–H and O–H groups in total. The number of halogens is 1. The first-order valence-corrected chi connectivity index (χ1v) is 7.56. The molecule has 0 saturated heterocycles. The maximum absolute atomic E-state index is 5.63. The fourth-order valence-electron chi connectivity index (χ4n) is 2.00. The Morgan fingerprint density at radius 3 is 2.67 bits per heavy atom. The Morgan fingerprint density at radius 1 is 1.24 bits per heavy atom. The Hall–Kier alpha value is -0.980. The van der Waals surface area contributed by atoms with Gasteiger partial charge in [-0.25, -0.2) is 4.99 Å². The summed E-state index contributed by atoms with van der Waals surface area (Å²) in [6.07, 6.45) is 2.69. The van der Waals surface area contributed by atoms with Crippen molar-refractivity contribution in [1.29, 1.82) is 0 Å². The minimum Gasteiger partial charge on any atom is -0.494 e. The van der Waals surface area contributed by atoms with E-state index < -0.39 is 0 Å². The number of nitrogens with one attached hydrogen (secondary N) is 2. The summed E-state index contributed by atoms with van der Waals surface area (Å²) in [4.78, 5) is 4.64. The molecule has 1 aromatic carbocycles. The lowest BCUT2D eigenvalue weighted by Gasteiger charge is -2.12. The van der Waals surface area contributed by atoms with Crippen molar-refractivity contribution in [3.63, 3.8) is 0 Å². The van der Waals surface area contributed by atoms with Crippen LogP contribution in [0, 0.1) is 5.92 Å². The largest absolute Gasteiger partial charge is 0.494 e. The number of rotatable bonds is 7. The number of ether oxygens (including phenoxy) is 1. The fourth-order valence-corrected chi connectivity index (χ4v) is 2.00. The molecule has 1 fully saturated rings. The van der Waals surface area contributed by atoms with Gasteiger partial charge in [0.25, 0.3) is 0 Å². The van der Waals surface area contributed by atoms with Crippen LogP contribution in [-0.4, -0.2) is 25.7 Å². The van der Waals surface area contributed by atoms with Crippen molar-refractivity contribution >= 4 is 29.9 Å². The van der Waals surface area contributed by atoms with Crippen molar-refractivity contribution in [3.8, 4) is 5.75 Å². The molecule has 0 aliphatic heterocycles. The van der Waals surface area contributed by atoms with Gasteiger partial charge in [-0.05, 0) is 38.7 Å². The average molecular weight is 403 g/mol. The van der Waals surface area contributed by atoms with E-state index in [1.165, 1.54) is 12.8 Å². The average Bonchev–Trinajstić information content (AvgIpc) is 3.28. The Balaban J connectivity index is 0.00000220. The first kappa shape index (κ1) is 18.1. The maximum Gasteiger partial charge on any atom is 0.191 e.